The van der Waals surface area contributed by atoms with Gasteiger partial charge in [-0.3, -0.25) is 0 Å². The summed E-state index contributed by atoms with van der Waals surface area (Å²) in [6.45, 7) is 2.80. The van der Waals surface area contributed by atoms with E-state index in [-0.39, 0.29) is 0 Å². The van der Waals surface area contributed by atoms with Gasteiger partial charge in [0.1, 0.15) is 24.7 Å². The molecule has 104 valence electrons. The molecular formula is C15H17BO4. The first-order chi connectivity index (χ1) is 9.66. The normalized spacial score (nSPS) is 10.2. The highest BCUT2D eigenvalue weighted by Crippen LogP contribution is 2.16. The highest BCUT2D eigenvalue weighted by Gasteiger charge is 2.10. The third kappa shape index (κ3) is 4.01. The van der Waals surface area contributed by atoms with Crippen molar-refractivity contribution in [3.63, 3.8) is 0 Å². The first-order valence-electron chi connectivity index (χ1n) is 6.44. The topological polar surface area (TPSA) is 58.9 Å². The average molecular weight is 272 g/mol. The molecule has 0 spiro atoms. The Balaban J connectivity index is 1.82. The van der Waals surface area contributed by atoms with E-state index in [1.807, 2.05) is 31.2 Å². The van der Waals surface area contributed by atoms with Crippen molar-refractivity contribution in [1.29, 1.82) is 0 Å². The molecule has 2 rings (SSSR count). The second-order valence-electron chi connectivity index (χ2n) is 4.41. The van der Waals surface area contributed by atoms with Crippen molar-refractivity contribution in [1.82, 2.24) is 0 Å². The fourth-order valence-corrected chi connectivity index (χ4v) is 1.79. The lowest BCUT2D eigenvalue weighted by atomic mass is 9.80. The molecule has 0 aliphatic heterocycles. The molecule has 0 aliphatic rings. The maximum absolute atomic E-state index is 9.07. The number of benzene rings is 2. The quantitative estimate of drug-likeness (QED) is 0.611. The lowest BCUT2D eigenvalue weighted by Crippen LogP contribution is -2.29. The van der Waals surface area contributed by atoms with Crippen LogP contribution in [0, 0.1) is 6.92 Å². The minimum atomic E-state index is -1.48. The zero-order valence-corrected chi connectivity index (χ0v) is 11.3. The number of rotatable bonds is 6. The van der Waals surface area contributed by atoms with E-state index in [2.05, 4.69) is 0 Å². The summed E-state index contributed by atoms with van der Waals surface area (Å²) in [5.74, 6) is 1.43. The van der Waals surface area contributed by atoms with Crippen molar-refractivity contribution in [2.45, 2.75) is 6.92 Å². The maximum atomic E-state index is 9.07. The summed E-state index contributed by atoms with van der Waals surface area (Å²) in [5.41, 5.74) is 1.49. The molecular weight excluding hydrogens is 255 g/mol. The molecule has 2 aromatic rings. The fraction of sp³-hybridized carbons (Fsp3) is 0.200. The van der Waals surface area contributed by atoms with E-state index in [9.17, 15) is 0 Å². The van der Waals surface area contributed by atoms with E-state index in [1.54, 1.807) is 24.3 Å². The Morgan fingerprint density at radius 2 is 1.70 bits per heavy atom. The molecule has 0 radical (unpaired) electrons. The summed E-state index contributed by atoms with van der Waals surface area (Å²) < 4.78 is 11.1. The Kier molecular flexibility index (Phi) is 5.04. The molecule has 0 heterocycles. The van der Waals surface area contributed by atoms with Crippen LogP contribution in [0.1, 0.15) is 5.56 Å². The monoisotopic (exact) mass is 272 g/mol. The number of ether oxygens (including phenoxy) is 2. The summed E-state index contributed by atoms with van der Waals surface area (Å²) in [5, 5.41) is 18.1. The van der Waals surface area contributed by atoms with Crippen molar-refractivity contribution >= 4 is 12.6 Å². The molecule has 0 unspecified atom stereocenters. The van der Waals surface area contributed by atoms with Crippen LogP contribution in [0.25, 0.3) is 0 Å². The van der Waals surface area contributed by atoms with Crippen LogP contribution in [-0.2, 0) is 0 Å². The van der Waals surface area contributed by atoms with Crippen LogP contribution < -0.4 is 14.9 Å². The van der Waals surface area contributed by atoms with Crippen LogP contribution in [-0.4, -0.2) is 30.4 Å². The van der Waals surface area contributed by atoms with Gasteiger partial charge in [0.15, 0.2) is 0 Å². The highest BCUT2D eigenvalue weighted by atomic mass is 16.5. The average Bonchev–Trinajstić information content (AvgIpc) is 2.45. The molecule has 5 heteroatoms. The van der Waals surface area contributed by atoms with Gasteiger partial charge < -0.3 is 19.5 Å². The summed E-state index contributed by atoms with van der Waals surface area (Å²) in [6.07, 6.45) is 0. The molecule has 0 saturated heterocycles. The molecule has 4 nitrogen and oxygen atoms in total. The number of para-hydroxylation sites is 1. The second kappa shape index (κ2) is 6.98. The number of hydrogen-bond acceptors (Lipinski definition) is 4. The zero-order valence-electron chi connectivity index (χ0n) is 11.3. The van der Waals surface area contributed by atoms with Crippen LogP contribution in [0.2, 0.25) is 0 Å². The smallest absolute Gasteiger partial charge is 0.488 e. The zero-order chi connectivity index (χ0) is 14.4. The van der Waals surface area contributed by atoms with E-state index in [1.165, 1.54) is 0 Å². The highest BCUT2D eigenvalue weighted by molar-refractivity contribution is 6.58. The van der Waals surface area contributed by atoms with Crippen molar-refractivity contribution in [2.24, 2.45) is 0 Å². The van der Waals surface area contributed by atoms with Crippen LogP contribution in [0.15, 0.2) is 48.5 Å². The van der Waals surface area contributed by atoms with Gasteiger partial charge in [-0.2, -0.15) is 0 Å². The standard InChI is InChI=1S/C15H17BO4/c1-12-5-2-3-8-15(12)20-10-9-19-14-7-4-6-13(11-14)16(17)18/h2-8,11,17-18H,9-10H2,1H3. The maximum Gasteiger partial charge on any atom is 0.488 e. The van der Waals surface area contributed by atoms with Gasteiger partial charge in [-0.25, -0.2) is 0 Å². The molecule has 0 fully saturated rings. The number of aryl methyl sites for hydroxylation is 1. The Labute approximate surface area is 118 Å². The van der Waals surface area contributed by atoms with Gasteiger partial charge in [0.2, 0.25) is 0 Å². The molecule has 0 aromatic heterocycles. The summed E-state index contributed by atoms with van der Waals surface area (Å²) in [4.78, 5) is 0. The van der Waals surface area contributed by atoms with Crippen LogP contribution >= 0.6 is 0 Å². The minimum absolute atomic E-state index is 0.388. The molecule has 20 heavy (non-hydrogen) atoms. The van der Waals surface area contributed by atoms with Crippen LogP contribution in [0.3, 0.4) is 0 Å². The Morgan fingerprint density at radius 3 is 2.45 bits per heavy atom. The lowest BCUT2D eigenvalue weighted by molar-refractivity contribution is 0.216. The fourth-order valence-electron chi connectivity index (χ4n) is 1.79. The third-order valence-electron chi connectivity index (χ3n) is 2.86. The molecule has 0 bridgehead atoms. The molecule has 0 amide bonds. The molecule has 0 saturated carbocycles. The summed E-state index contributed by atoms with van der Waals surface area (Å²) in [6, 6.07) is 14.5. The summed E-state index contributed by atoms with van der Waals surface area (Å²) in [7, 11) is -1.48. The van der Waals surface area contributed by atoms with Gasteiger partial charge in [-0.1, -0.05) is 30.3 Å². The van der Waals surface area contributed by atoms with Gasteiger partial charge in [0.25, 0.3) is 0 Å². The van der Waals surface area contributed by atoms with E-state index in [4.69, 9.17) is 19.5 Å². The third-order valence-corrected chi connectivity index (χ3v) is 2.86. The van der Waals surface area contributed by atoms with Crippen molar-refractivity contribution in [3.05, 3.63) is 54.1 Å². The van der Waals surface area contributed by atoms with Crippen LogP contribution in [0.5, 0.6) is 11.5 Å². The molecule has 0 atom stereocenters. The number of hydrogen-bond donors (Lipinski definition) is 2. The van der Waals surface area contributed by atoms with E-state index < -0.39 is 7.12 Å². The Morgan fingerprint density at radius 1 is 0.950 bits per heavy atom. The van der Waals surface area contributed by atoms with E-state index >= 15 is 0 Å². The van der Waals surface area contributed by atoms with Crippen molar-refractivity contribution in [3.8, 4) is 11.5 Å². The predicted molar refractivity (Wildman–Crippen MR) is 78.4 cm³/mol. The SMILES string of the molecule is Cc1ccccc1OCCOc1cccc(B(O)O)c1. The Bertz CT molecular complexity index is 557. The first-order valence-corrected chi connectivity index (χ1v) is 6.44. The second-order valence-corrected chi connectivity index (χ2v) is 4.41. The van der Waals surface area contributed by atoms with Gasteiger partial charge in [-0.15, -0.1) is 0 Å². The van der Waals surface area contributed by atoms with Crippen molar-refractivity contribution in [2.75, 3.05) is 13.2 Å². The predicted octanol–water partition coefficient (Wildman–Crippen LogP) is 1.13. The molecule has 2 aromatic carbocycles. The van der Waals surface area contributed by atoms with Gasteiger partial charge in [0.05, 0.1) is 0 Å². The van der Waals surface area contributed by atoms with Crippen LogP contribution in [0.4, 0.5) is 0 Å². The van der Waals surface area contributed by atoms with Crippen molar-refractivity contribution < 1.29 is 19.5 Å². The molecule has 2 N–H and O–H groups in total. The minimum Gasteiger partial charge on any atom is -0.490 e. The van der Waals surface area contributed by atoms with E-state index in [0.29, 0.717) is 24.4 Å². The summed E-state index contributed by atoms with van der Waals surface area (Å²) >= 11 is 0. The van der Waals surface area contributed by atoms with Gasteiger partial charge >= 0.3 is 7.12 Å². The van der Waals surface area contributed by atoms with E-state index in [0.717, 1.165) is 11.3 Å². The lowest BCUT2D eigenvalue weighted by Gasteiger charge is -2.10. The first kappa shape index (κ1) is 14.4. The largest absolute Gasteiger partial charge is 0.490 e. The Hall–Kier alpha value is -1.98. The molecule has 0 aliphatic carbocycles. The van der Waals surface area contributed by atoms with Gasteiger partial charge in [-0.05, 0) is 36.1 Å². The van der Waals surface area contributed by atoms with Gasteiger partial charge in [0, 0.05) is 0 Å².